The Labute approximate surface area is 177 Å². The van der Waals surface area contributed by atoms with Crippen LogP contribution in [0.1, 0.15) is 30.2 Å². The number of fused-ring (bicyclic) bond motifs is 1. The number of thiazole rings is 1. The van der Waals surface area contributed by atoms with Crippen LogP contribution < -0.4 is 4.90 Å². The molecule has 1 atom stereocenters. The van der Waals surface area contributed by atoms with Gasteiger partial charge in [0.1, 0.15) is 0 Å². The smallest absolute Gasteiger partial charge is 0.251 e. The van der Waals surface area contributed by atoms with E-state index in [2.05, 4.69) is 17.0 Å². The fourth-order valence-corrected chi connectivity index (χ4v) is 5.63. The molecule has 148 valence electrons. The summed E-state index contributed by atoms with van der Waals surface area (Å²) < 4.78 is 1.22. The third-order valence-electron chi connectivity index (χ3n) is 5.82. The lowest BCUT2D eigenvalue weighted by Crippen LogP contribution is -2.45. The zero-order chi connectivity index (χ0) is 20.0. The van der Waals surface area contributed by atoms with Gasteiger partial charge in [0.15, 0.2) is 0 Å². The van der Waals surface area contributed by atoms with Gasteiger partial charge in [-0.25, -0.2) is 9.88 Å². The van der Waals surface area contributed by atoms with Gasteiger partial charge in [-0.3, -0.25) is 14.5 Å². The molecule has 1 unspecified atom stereocenters. The Morgan fingerprint density at radius 1 is 1.03 bits per heavy atom. The van der Waals surface area contributed by atoms with Crippen molar-refractivity contribution in [3.05, 3.63) is 58.6 Å². The van der Waals surface area contributed by atoms with E-state index in [0.29, 0.717) is 16.6 Å². The molecule has 2 saturated heterocycles. The number of hydrogen-bond donors (Lipinski definition) is 0. The van der Waals surface area contributed by atoms with Crippen molar-refractivity contribution in [3.8, 4) is 0 Å². The molecule has 3 heterocycles. The lowest BCUT2D eigenvalue weighted by Gasteiger charge is -2.34. The molecule has 2 aromatic carbocycles. The molecule has 5 rings (SSSR count). The molecule has 0 spiro atoms. The van der Waals surface area contributed by atoms with E-state index in [1.54, 1.807) is 35.6 Å². The van der Waals surface area contributed by atoms with Crippen LogP contribution in [0.2, 0.25) is 5.02 Å². The van der Waals surface area contributed by atoms with Crippen molar-refractivity contribution in [2.75, 3.05) is 18.0 Å². The van der Waals surface area contributed by atoms with E-state index >= 15 is 0 Å². The van der Waals surface area contributed by atoms with Crippen molar-refractivity contribution >= 4 is 50.7 Å². The zero-order valence-corrected chi connectivity index (χ0v) is 17.3. The maximum atomic E-state index is 13.0. The van der Waals surface area contributed by atoms with E-state index in [1.807, 2.05) is 12.1 Å². The molecular formula is C22H20ClN3O2S. The lowest BCUT2D eigenvalue weighted by molar-refractivity contribution is -0.123. The number of benzene rings is 2. The number of rotatable bonds is 3. The van der Waals surface area contributed by atoms with Gasteiger partial charge in [0.25, 0.3) is 5.91 Å². The predicted octanol–water partition coefficient (Wildman–Crippen LogP) is 4.46. The van der Waals surface area contributed by atoms with Gasteiger partial charge >= 0.3 is 0 Å². The molecule has 7 heteroatoms. The molecule has 0 radical (unpaired) electrons. The van der Waals surface area contributed by atoms with Crippen LogP contribution >= 0.6 is 22.9 Å². The first-order valence-electron chi connectivity index (χ1n) is 9.82. The first-order chi connectivity index (χ1) is 14.1. The van der Waals surface area contributed by atoms with Gasteiger partial charge in [0.2, 0.25) is 5.91 Å². The Kier molecular flexibility index (Phi) is 4.86. The fourth-order valence-electron chi connectivity index (χ4n) is 4.31. The second kappa shape index (κ2) is 7.52. The molecule has 2 amide bonds. The number of anilines is 1. The monoisotopic (exact) mass is 425 g/mol. The highest BCUT2D eigenvalue weighted by Crippen LogP contribution is 2.36. The van der Waals surface area contributed by atoms with Crippen molar-refractivity contribution in [3.63, 3.8) is 0 Å². The van der Waals surface area contributed by atoms with Crippen molar-refractivity contribution in [2.24, 2.45) is 0 Å². The van der Waals surface area contributed by atoms with E-state index in [1.165, 1.54) is 14.6 Å². The maximum Gasteiger partial charge on any atom is 0.251 e. The Hall–Kier alpha value is -2.28. The Morgan fingerprint density at radius 2 is 1.83 bits per heavy atom. The summed E-state index contributed by atoms with van der Waals surface area (Å²) in [5.41, 5.74) is 1.61. The molecular weight excluding hydrogens is 406 g/mol. The molecule has 3 aromatic rings. The summed E-state index contributed by atoms with van der Waals surface area (Å²) in [6.07, 6.45) is 2.14. The van der Waals surface area contributed by atoms with E-state index in [-0.39, 0.29) is 24.3 Å². The van der Waals surface area contributed by atoms with E-state index in [9.17, 15) is 9.59 Å². The minimum atomic E-state index is -0.377. The van der Waals surface area contributed by atoms with Crippen LogP contribution in [0.3, 0.4) is 0 Å². The highest BCUT2D eigenvalue weighted by molar-refractivity contribution is 7.18. The summed E-state index contributed by atoms with van der Waals surface area (Å²) in [6.45, 7) is 1.60. The molecule has 1 aromatic heterocycles. The summed E-state index contributed by atoms with van der Waals surface area (Å²) in [6, 6.07) is 14.8. The van der Waals surface area contributed by atoms with Crippen LogP contribution in [-0.2, 0) is 9.59 Å². The topological polar surface area (TPSA) is 53.5 Å². The zero-order valence-electron chi connectivity index (χ0n) is 15.8. The maximum absolute atomic E-state index is 13.0. The van der Waals surface area contributed by atoms with Crippen LogP contribution in [0.15, 0.2) is 48.5 Å². The summed E-state index contributed by atoms with van der Waals surface area (Å²) in [4.78, 5) is 33.8. The molecule has 2 aliphatic rings. The third kappa shape index (κ3) is 3.45. The number of piperidine rings is 1. The van der Waals surface area contributed by atoms with Gasteiger partial charge in [0.05, 0.1) is 33.4 Å². The first kappa shape index (κ1) is 18.7. The van der Waals surface area contributed by atoms with Crippen LogP contribution in [0.25, 0.3) is 10.2 Å². The summed E-state index contributed by atoms with van der Waals surface area (Å²) in [5, 5.41) is 1.70. The fraction of sp³-hybridized carbons (Fsp3) is 0.318. The number of para-hydroxylation sites is 1. The van der Waals surface area contributed by atoms with E-state index in [4.69, 9.17) is 16.6 Å². The first-order valence-corrected chi connectivity index (χ1v) is 11.0. The Bertz CT molecular complexity index is 1060. The number of imide groups is 1. The van der Waals surface area contributed by atoms with Crippen LogP contribution in [0.5, 0.6) is 0 Å². The number of nitrogens with zero attached hydrogens (tertiary/aromatic N) is 3. The lowest BCUT2D eigenvalue weighted by atomic mass is 9.96. The predicted molar refractivity (Wildman–Crippen MR) is 116 cm³/mol. The highest BCUT2D eigenvalue weighted by Gasteiger charge is 2.43. The molecule has 2 aliphatic heterocycles. The van der Waals surface area contributed by atoms with Gasteiger partial charge in [-0.05, 0) is 56.3 Å². The minimum absolute atomic E-state index is 0.143. The second-order valence-corrected chi connectivity index (χ2v) is 9.10. The van der Waals surface area contributed by atoms with Gasteiger partial charge in [0, 0.05) is 10.9 Å². The van der Waals surface area contributed by atoms with Crippen molar-refractivity contribution in [1.82, 2.24) is 9.88 Å². The Balaban J connectivity index is 1.28. The summed E-state index contributed by atoms with van der Waals surface area (Å²) >= 11 is 7.81. The van der Waals surface area contributed by atoms with Crippen LogP contribution in [0, 0.1) is 0 Å². The van der Waals surface area contributed by atoms with Crippen molar-refractivity contribution < 1.29 is 9.59 Å². The number of aromatic nitrogens is 1. The second-order valence-electron chi connectivity index (χ2n) is 7.60. The number of hydrogen-bond acceptors (Lipinski definition) is 5. The molecule has 0 saturated carbocycles. The number of amides is 2. The van der Waals surface area contributed by atoms with Gasteiger partial charge in [-0.1, -0.05) is 29.8 Å². The number of carbonyl (C=O) groups is 2. The molecule has 29 heavy (non-hydrogen) atoms. The normalized spacial score (nSPS) is 21.4. The van der Waals surface area contributed by atoms with Gasteiger partial charge < -0.3 is 0 Å². The number of halogens is 1. The van der Waals surface area contributed by atoms with Crippen molar-refractivity contribution in [1.29, 1.82) is 0 Å². The molecule has 2 fully saturated rings. The number of carbonyl (C=O) groups excluding carboxylic acids is 2. The quantitative estimate of drug-likeness (QED) is 0.581. The average Bonchev–Trinajstić information content (AvgIpc) is 3.29. The summed E-state index contributed by atoms with van der Waals surface area (Å²) in [5.74, 6) is 0.117. The molecule has 0 bridgehead atoms. The molecule has 0 N–H and O–H groups in total. The molecule has 5 nitrogen and oxygen atoms in total. The van der Waals surface area contributed by atoms with Gasteiger partial charge in [-0.2, -0.15) is 0 Å². The van der Waals surface area contributed by atoms with Crippen LogP contribution in [0.4, 0.5) is 5.69 Å². The standard InChI is InChI=1S/C22H20ClN3O2S/c23-15-4-3-5-16(12-15)26-20(27)13-18(22(26)28)25-10-8-14(9-11-25)21-24-17-6-1-2-7-19(17)29-21/h1-7,12,14,18H,8-11,13H2. The highest BCUT2D eigenvalue weighted by atomic mass is 35.5. The van der Waals surface area contributed by atoms with Crippen LogP contribution in [-0.4, -0.2) is 40.8 Å². The SMILES string of the molecule is O=C1CC(N2CCC(c3nc4ccccc4s3)CC2)C(=O)N1c1cccc(Cl)c1. The van der Waals surface area contributed by atoms with Crippen molar-refractivity contribution in [2.45, 2.75) is 31.2 Å². The minimum Gasteiger partial charge on any atom is -0.291 e. The molecule has 0 aliphatic carbocycles. The van der Waals surface area contributed by atoms with E-state index < -0.39 is 0 Å². The summed E-state index contributed by atoms with van der Waals surface area (Å²) in [7, 11) is 0. The largest absolute Gasteiger partial charge is 0.291 e. The average molecular weight is 426 g/mol. The third-order valence-corrected chi connectivity index (χ3v) is 7.25. The Morgan fingerprint density at radius 3 is 2.59 bits per heavy atom. The van der Waals surface area contributed by atoms with E-state index in [0.717, 1.165) is 31.4 Å². The van der Waals surface area contributed by atoms with Gasteiger partial charge in [-0.15, -0.1) is 11.3 Å². The number of likely N-dealkylation sites (tertiary alicyclic amines) is 1.